The Morgan fingerprint density at radius 2 is 1.38 bits per heavy atom. The normalized spacial score (nSPS) is 21.1. The van der Waals surface area contributed by atoms with E-state index in [4.69, 9.17) is 11.6 Å². The topological polar surface area (TPSA) is 9.23 Å². The molecule has 138 valence electrons. The molecule has 0 heterocycles. The highest BCUT2D eigenvalue weighted by Gasteiger charge is 2.31. The fourth-order valence-corrected chi connectivity index (χ4v) is 3.75. The van der Waals surface area contributed by atoms with Gasteiger partial charge in [-0.3, -0.25) is 0 Å². The van der Waals surface area contributed by atoms with Crippen molar-refractivity contribution in [3.8, 4) is 16.9 Å². The molecular formula is C21H20ClF3O. The lowest BCUT2D eigenvalue weighted by molar-refractivity contribution is -0.274. The van der Waals surface area contributed by atoms with Crippen molar-refractivity contribution in [1.82, 2.24) is 0 Å². The average Bonchev–Trinajstić information content (AvgIpc) is 2.62. The summed E-state index contributed by atoms with van der Waals surface area (Å²) >= 11 is 5.66. The van der Waals surface area contributed by atoms with Crippen molar-refractivity contribution in [3.05, 3.63) is 65.7 Å². The van der Waals surface area contributed by atoms with Gasteiger partial charge in [-0.05, 0) is 66.3 Å². The molecule has 0 aromatic heterocycles. The number of hydrogen-bond acceptors (Lipinski definition) is 1. The van der Waals surface area contributed by atoms with Crippen LogP contribution in [0.4, 0.5) is 13.2 Å². The second-order valence-corrected chi connectivity index (χ2v) is 6.88. The maximum Gasteiger partial charge on any atom is 0.573 e. The molecule has 0 bridgehead atoms. The molecule has 0 saturated heterocycles. The summed E-state index contributed by atoms with van der Waals surface area (Å²) in [6.07, 6.45) is 2.00. The molecule has 0 radical (unpaired) electrons. The molecule has 1 fully saturated rings. The minimum absolute atomic E-state index is 0.208. The number of benzene rings is 2. The van der Waals surface area contributed by atoms with E-state index >= 15 is 0 Å². The summed E-state index contributed by atoms with van der Waals surface area (Å²) in [5, 5.41) is 0. The van der Waals surface area contributed by atoms with Gasteiger partial charge in [-0.15, -0.1) is 13.2 Å². The Bertz CT molecular complexity index is 727. The lowest BCUT2D eigenvalue weighted by atomic mass is 9.78. The Kier molecular flexibility index (Phi) is 5.92. The van der Waals surface area contributed by atoms with Gasteiger partial charge < -0.3 is 4.74 Å². The molecule has 1 aliphatic rings. The van der Waals surface area contributed by atoms with Crippen LogP contribution in [-0.4, -0.2) is 6.36 Å². The van der Waals surface area contributed by atoms with E-state index in [1.165, 1.54) is 17.7 Å². The highest BCUT2D eigenvalue weighted by atomic mass is 35.5. The van der Waals surface area contributed by atoms with E-state index in [9.17, 15) is 13.2 Å². The monoisotopic (exact) mass is 380 g/mol. The molecule has 2 aromatic carbocycles. The van der Waals surface area contributed by atoms with Crippen molar-refractivity contribution in [1.29, 1.82) is 0 Å². The van der Waals surface area contributed by atoms with Gasteiger partial charge in [0, 0.05) is 5.54 Å². The third-order valence-electron chi connectivity index (χ3n) is 4.92. The first kappa shape index (κ1) is 18.8. The van der Waals surface area contributed by atoms with Gasteiger partial charge in [0.2, 0.25) is 0 Å². The molecular weight excluding hydrogens is 361 g/mol. The van der Waals surface area contributed by atoms with E-state index in [-0.39, 0.29) is 5.75 Å². The van der Waals surface area contributed by atoms with Crippen LogP contribution < -0.4 is 4.74 Å². The second-order valence-electron chi connectivity index (χ2n) is 6.62. The zero-order valence-electron chi connectivity index (χ0n) is 14.2. The van der Waals surface area contributed by atoms with E-state index in [1.54, 1.807) is 17.7 Å². The smallest absolute Gasteiger partial charge is 0.406 e. The van der Waals surface area contributed by atoms with Gasteiger partial charge >= 0.3 is 6.36 Å². The molecule has 1 aliphatic carbocycles. The third kappa shape index (κ3) is 5.04. The first-order valence-corrected chi connectivity index (χ1v) is 9.11. The predicted molar refractivity (Wildman–Crippen MR) is 98.3 cm³/mol. The molecule has 0 unspecified atom stereocenters. The Labute approximate surface area is 156 Å². The molecule has 5 heteroatoms. The molecule has 0 spiro atoms. The van der Waals surface area contributed by atoms with Crippen LogP contribution in [0.2, 0.25) is 0 Å². The van der Waals surface area contributed by atoms with E-state index in [2.05, 4.69) is 22.9 Å². The van der Waals surface area contributed by atoms with Gasteiger partial charge in [-0.25, -0.2) is 0 Å². The van der Waals surface area contributed by atoms with Crippen molar-refractivity contribution < 1.29 is 17.9 Å². The summed E-state index contributed by atoms with van der Waals surface area (Å²) in [5.41, 5.74) is 4.78. The molecule has 26 heavy (non-hydrogen) atoms. The first-order chi connectivity index (χ1) is 12.4. The largest absolute Gasteiger partial charge is 0.573 e. The molecule has 0 N–H and O–H groups in total. The SMILES string of the molecule is FC(F)(F)Oc1ccc(-c2ccc(C3CCC(C=CCl)CC3)cc2)cc1. The number of halogens is 4. The van der Waals surface area contributed by atoms with Gasteiger partial charge in [0.25, 0.3) is 0 Å². The highest BCUT2D eigenvalue weighted by Crippen LogP contribution is 2.37. The van der Waals surface area contributed by atoms with E-state index in [0.29, 0.717) is 11.8 Å². The minimum atomic E-state index is -4.66. The molecule has 0 aliphatic heterocycles. The van der Waals surface area contributed by atoms with E-state index < -0.39 is 6.36 Å². The van der Waals surface area contributed by atoms with Gasteiger partial charge in [0.15, 0.2) is 0 Å². The summed E-state index contributed by atoms with van der Waals surface area (Å²) in [6, 6.07) is 14.2. The van der Waals surface area contributed by atoms with E-state index in [1.807, 2.05) is 12.1 Å². The maximum absolute atomic E-state index is 12.2. The number of alkyl halides is 3. The Hall–Kier alpha value is -1.94. The quantitative estimate of drug-likeness (QED) is 0.541. The summed E-state index contributed by atoms with van der Waals surface area (Å²) in [6.45, 7) is 0. The van der Waals surface area contributed by atoms with Crippen LogP contribution in [0.3, 0.4) is 0 Å². The summed E-state index contributed by atoms with van der Waals surface area (Å²) in [4.78, 5) is 0. The number of hydrogen-bond donors (Lipinski definition) is 0. The summed E-state index contributed by atoms with van der Waals surface area (Å²) < 4.78 is 40.6. The average molecular weight is 381 g/mol. The van der Waals surface area contributed by atoms with Crippen molar-refractivity contribution in [3.63, 3.8) is 0 Å². The maximum atomic E-state index is 12.2. The Balaban J connectivity index is 1.64. The van der Waals surface area contributed by atoms with Crippen molar-refractivity contribution >= 4 is 11.6 Å². The molecule has 2 aromatic rings. The number of allylic oxidation sites excluding steroid dienone is 1. The van der Waals surface area contributed by atoms with Crippen LogP contribution in [0, 0.1) is 5.92 Å². The van der Waals surface area contributed by atoms with Crippen molar-refractivity contribution in [2.75, 3.05) is 0 Å². The van der Waals surface area contributed by atoms with Crippen molar-refractivity contribution in [2.45, 2.75) is 38.0 Å². The summed E-state index contributed by atoms with van der Waals surface area (Å²) in [5.74, 6) is 0.938. The lowest BCUT2D eigenvalue weighted by Gasteiger charge is -2.27. The fraction of sp³-hybridized carbons (Fsp3) is 0.333. The van der Waals surface area contributed by atoms with Gasteiger partial charge in [0.1, 0.15) is 5.75 Å². The standard InChI is InChI=1S/C21H20ClF3O/c22-14-13-15-1-3-16(4-2-15)17-5-7-18(8-6-17)19-9-11-20(12-10-19)26-21(23,24)25/h5-16H,1-4H2. The van der Waals surface area contributed by atoms with Gasteiger partial charge in [-0.2, -0.15) is 0 Å². The van der Waals surface area contributed by atoms with Crippen LogP contribution in [-0.2, 0) is 0 Å². The van der Waals surface area contributed by atoms with Gasteiger partial charge in [-0.1, -0.05) is 54.1 Å². The van der Waals surface area contributed by atoms with Crippen LogP contribution in [0.25, 0.3) is 11.1 Å². The number of rotatable bonds is 4. The summed E-state index contributed by atoms with van der Waals surface area (Å²) in [7, 11) is 0. The fourth-order valence-electron chi connectivity index (χ4n) is 3.54. The van der Waals surface area contributed by atoms with Gasteiger partial charge in [0.05, 0.1) is 0 Å². The Morgan fingerprint density at radius 1 is 0.846 bits per heavy atom. The predicted octanol–water partition coefficient (Wildman–Crippen LogP) is 7.28. The zero-order chi connectivity index (χ0) is 18.6. The van der Waals surface area contributed by atoms with E-state index in [0.717, 1.165) is 36.8 Å². The third-order valence-corrected chi connectivity index (χ3v) is 5.07. The molecule has 0 amide bonds. The Morgan fingerprint density at radius 3 is 1.88 bits per heavy atom. The van der Waals surface area contributed by atoms with Crippen molar-refractivity contribution in [2.24, 2.45) is 5.92 Å². The zero-order valence-corrected chi connectivity index (χ0v) is 14.9. The van der Waals surface area contributed by atoms with Crippen LogP contribution in [0.5, 0.6) is 5.75 Å². The lowest BCUT2D eigenvalue weighted by Crippen LogP contribution is -2.16. The molecule has 1 nitrogen and oxygen atoms in total. The minimum Gasteiger partial charge on any atom is -0.406 e. The van der Waals surface area contributed by atoms with Crippen LogP contribution >= 0.6 is 11.6 Å². The second kappa shape index (κ2) is 8.17. The molecule has 0 atom stereocenters. The molecule has 1 saturated carbocycles. The van der Waals surface area contributed by atoms with Crippen LogP contribution in [0.1, 0.15) is 37.2 Å². The highest BCUT2D eigenvalue weighted by molar-refractivity contribution is 6.25. The first-order valence-electron chi connectivity index (χ1n) is 8.67. The van der Waals surface area contributed by atoms with Crippen LogP contribution in [0.15, 0.2) is 60.1 Å². The molecule has 3 rings (SSSR count). The number of ether oxygens (including phenoxy) is 1.